The number of carbonyl (C=O) groups excluding carboxylic acids is 1. The summed E-state index contributed by atoms with van der Waals surface area (Å²) < 4.78 is 1.32. The fourth-order valence-electron chi connectivity index (χ4n) is 3.56. The lowest BCUT2D eigenvalue weighted by molar-refractivity contribution is -0.130. The minimum absolute atomic E-state index is 0.0351. The van der Waals surface area contributed by atoms with Crippen molar-refractivity contribution in [2.24, 2.45) is 0 Å². The number of nitrogens with zero attached hydrogens (tertiary/aromatic N) is 3. The summed E-state index contributed by atoms with van der Waals surface area (Å²) in [6.07, 6.45) is 0.601. The second-order valence-corrected chi connectivity index (χ2v) is 7.11. The van der Waals surface area contributed by atoms with Crippen LogP contribution < -0.4 is 21.9 Å². The molecule has 1 amide bonds. The number of rotatable bonds is 5. The third-order valence-corrected chi connectivity index (χ3v) is 5.05. The SMILES string of the molecule is CC(C)N1CCC(N(C)c2c(N)n(Cc3ccccc3)c(=O)[nH]c2=O)C1=O. The van der Waals surface area contributed by atoms with Gasteiger partial charge in [-0.15, -0.1) is 0 Å². The predicted octanol–water partition coefficient (Wildman–Crippen LogP) is 0.613. The van der Waals surface area contributed by atoms with Crippen LogP contribution in [0.5, 0.6) is 0 Å². The molecule has 0 radical (unpaired) electrons. The Morgan fingerprint density at radius 3 is 2.48 bits per heavy atom. The number of nitrogen functional groups attached to an aromatic ring is 1. The zero-order chi connectivity index (χ0) is 19.7. The maximum Gasteiger partial charge on any atom is 0.330 e. The topological polar surface area (TPSA) is 104 Å². The van der Waals surface area contributed by atoms with E-state index in [0.29, 0.717) is 13.0 Å². The van der Waals surface area contributed by atoms with Crippen LogP contribution in [0.4, 0.5) is 11.5 Å². The number of likely N-dealkylation sites (tertiary alicyclic amines) is 1. The van der Waals surface area contributed by atoms with Gasteiger partial charge in [-0.3, -0.25) is 19.1 Å². The van der Waals surface area contributed by atoms with E-state index in [0.717, 1.165) is 5.56 Å². The number of likely N-dealkylation sites (N-methyl/N-ethyl adjacent to an activating group) is 1. The number of anilines is 2. The molecule has 27 heavy (non-hydrogen) atoms. The van der Waals surface area contributed by atoms with Crippen LogP contribution in [0.15, 0.2) is 39.9 Å². The third-order valence-electron chi connectivity index (χ3n) is 5.05. The number of nitrogens with two attached hydrogens (primary N) is 1. The van der Waals surface area contributed by atoms with Crippen LogP contribution in [0.2, 0.25) is 0 Å². The average molecular weight is 371 g/mol. The van der Waals surface area contributed by atoms with Crippen LogP contribution in [0.1, 0.15) is 25.8 Å². The first kappa shape index (κ1) is 18.8. The van der Waals surface area contributed by atoms with Crippen molar-refractivity contribution in [3.05, 3.63) is 56.7 Å². The van der Waals surface area contributed by atoms with Gasteiger partial charge in [-0.05, 0) is 25.8 Å². The van der Waals surface area contributed by atoms with Crippen molar-refractivity contribution in [2.75, 3.05) is 24.2 Å². The van der Waals surface area contributed by atoms with Gasteiger partial charge in [0.2, 0.25) is 5.91 Å². The zero-order valence-corrected chi connectivity index (χ0v) is 15.8. The molecule has 3 rings (SSSR count). The maximum absolute atomic E-state index is 12.7. The maximum atomic E-state index is 12.7. The van der Waals surface area contributed by atoms with Crippen LogP contribution in [0.25, 0.3) is 0 Å². The number of hydrogen-bond donors (Lipinski definition) is 2. The van der Waals surface area contributed by atoms with Crippen molar-refractivity contribution in [1.29, 1.82) is 0 Å². The summed E-state index contributed by atoms with van der Waals surface area (Å²) in [5.41, 5.74) is 6.10. The molecule has 0 aliphatic carbocycles. The fraction of sp³-hybridized carbons (Fsp3) is 0.421. The van der Waals surface area contributed by atoms with E-state index in [1.54, 1.807) is 16.8 Å². The van der Waals surface area contributed by atoms with Gasteiger partial charge in [0.25, 0.3) is 5.56 Å². The van der Waals surface area contributed by atoms with Crippen molar-refractivity contribution in [3.63, 3.8) is 0 Å². The fourth-order valence-corrected chi connectivity index (χ4v) is 3.56. The summed E-state index contributed by atoms with van der Waals surface area (Å²) in [5, 5.41) is 0. The minimum Gasteiger partial charge on any atom is -0.383 e. The van der Waals surface area contributed by atoms with Gasteiger partial charge < -0.3 is 15.5 Å². The molecule has 1 saturated heterocycles. The van der Waals surface area contributed by atoms with E-state index in [-0.39, 0.29) is 30.0 Å². The standard InChI is InChI=1S/C19H25N5O3/c1-12(2)23-10-9-14(18(23)26)22(3)15-16(20)24(19(27)21-17(15)25)11-13-7-5-4-6-8-13/h4-8,12,14H,9-11,20H2,1-3H3,(H,21,25,27). The van der Waals surface area contributed by atoms with E-state index in [9.17, 15) is 14.4 Å². The van der Waals surface area contributed by atoms with Crippen molar-refractivity contribution in [2.45, 2.75) is 38.9 Å². The number of carbonyl (C=O) groups is 1. The Labute approximate surface area is 157 Å². The van der Waals surface area contributed by atoms with Gasteiger partial charge in [0, 0.05) is 19.6 Å². The molecule has 0 saturated carbocycles. The monoisotopic (exact) mass is 371 g/mol. The molecule has 1 aromatic heterocycles. The number of aromatic amines is 1. The van der Waals surface area contributed by atoms with Gasteiger partial charge >= 0.3 is 5.69 Å². The summed E-state index contributed by atoms with van der Waals surface area (Å²) in [7, 11) is 1.67. The Morgan fingerprint density at radius 1 is 1.22 bits per heavy atom. The summed E-state index contributed by atoms with van der Waals surface area (Å²) >= 11 is 0. The summed E-state index contributed by atoms with van der Waals surface area (Å²) in [5.74, 6) is 0.0259. The lowest BCUT2D eigenvalue weighted by Crippen LogP contribution is -2.45. The molecular weight excluding hydrogens is 346 g/mol. The minimum atomic E-state index is -0.583. The second kappa shape index (κ2) is 7.30. The lowest BCUT2D eigenvalue weighted by Gasteiger charge is -2.28. The molecule has 2 aromatic rings. The number of nitrogens with one attached hydrogen (secondary N) is 1. The largest absolute Gasteiger partial charge is 0.383 e. The van der Waals surface area contributed by atoms with Crippen molar-refractivity contribution >= 4 is 17.4 Å². The van der Waals surface area contributed by atoms with Crippen LogP contribution in [0.3, 0.4) is 0 Å². The molecule has 8 heteroatoms. The van der Waals surface area contributed by atoms with E-state index in [4.69, 9.17) is 5.73 Å². The molecule has 1 aliphatic heterocycles. The molecular formula is C19H25N5O3. The van der Waals surface area contributed by atoms with Gasteiger partial charge in [-0.25, -0.2) is 4.79 Å². The van der Waals surface area contributed by atoms with E-state index in [1.807, 2.05) is 44.2 Å². The third kappa shape index (κ3) is 3.47. The van der Waals surface area contributed by atoms with Crippen molar-refractivity contribution < 1.29 is 4.79 Å². The summed E-state index contributed by atoms with van der Waals surface area (Å²) in [6.45, 7) is 4.79. The average Bonchev–Trinajstić information content (AvgIpc) is 3.01. The highest BCUT2D eigenvalue weighted by atomic mass is 16.2. The zero-order valence-electron chi connectivity index (χ0n) is 15.8. The number of amides is 1. The molecule has 8 nitrogen and oxygen atoms in total. The number of H-pyrrole nitrogens is 1. The van der Waals surface area contributed by atoms with Gasteiger partial charge in [0.05, 0.1) is 6.54 Å². The Hall–Kier alpha value is -3.03. The molecule has 3 N–H and O–H groups in total. The molecule has 1 atom stereocenters. The molecule has 1 aliphatic rings. The normalized spacial score (nSPS) is 17.0. The molecule has 144 valence electrons. The molecule has 1 aromatic carbocycles. The predicted molar refractivity (Wildman–Crippen MR) is 105 cm³/mol. The molecule has 1 unspecified atom stereocenters. The first-order valence-corrected chi connectivity index (χ1v) is 9.01. The Bertz CT molecular complexity index is 948. The van der Waals surface area contributed by atoms with Gasteiger partial charge in [0.1, 0.15) is 17.5 Å². The molecule has 0 bridgehead atoms. The Morgan fingerprint density at radius 2 is 1.89 bits per heavy atom. The van der Waals surface area contributed by atoms with E-state index >= 15 is 0 Å². The van der Waals surface area contributed by atoms with Gasteiger partial charge in [0.15, 0.2) is 0 Å². The van der Waals surface area contributed by atoms with Crippen molar-refractivity contribution in [3.8, 4) is 0 Å². The number of benzene rings is 1. The second-order valence-electron chi connectivity index (χ2n) is 7.11. The van der Waals surface area contributed by atoms with E-state index in [2.05, 4.69) is 4.98 Å². The highest BCUT2D eigenvalue weighted by molar-refractivity contribution is 5.88. The Kier molecular flexibility index (Phi) is 5.07. The smallest absolute Gasteiger partial charge is 0.330 e. The van der Waals surface area contributed by atoms with E-state index in [1.165, 1.54) is 4.57 Å². The van der Waals surface area contributed by atoms with Crippen LogP contribution in [-0.4, -0.2) is 46.0 Å². The number of hydrogen-bond acceptors (Lipinski definition) is 5. The van der Waals surface area contributed by atoms with Crippen LogP contribution >= 0.6 is 0 Å². The van der Waals surface area contributed by atoms with E-state index < -0.39 is 17.3 Å². The van der Waals surface area contributed by atoms with Crippen molar-refractivity contribution in [1.82, 2.24) is 14.5 Å². The molecule has 0 spiro atoms. The first-order valence-electron chi connectivity index (χ1n) is 9.01. The summed E-state index contributed by atoms with van der Waals surface area (Å²) in [4.78, 5) is 43.2. The lowest BCUT2D eigenvalue weighted by atomic mass is 10.2. The highest BCUT2D eigenvalue weighted by Crippen LogP contribution is 2.25. The highest BCUT2D eigenvalue weighted by Gasteiger charge is 2.37. The van der Waals surface area contributed by atoms with Crippen LogP contribution in [-0.2, 0) is 11.3 Å². The Balaban J connectivity index is 1.98. The van der Waals surface area contributed by atoms with Gasteiger partial charge in [-0.2, -0.15) is 0 Å². The first-order chi connectivity index (χ1) is 12.8. The quantitative estimate of drug-likeness (QED) is 0.801. The summed E-state index contributed by atoms with van der Waals surface area (Å²) in [6, 6.07) is 8.99. The molecule has 2 heterocycles. The van der Waals surface area contributed by atoms with Gasteiger partial charge in [-0.1, -0.05) is 30.3 Å². The number of aromatic nitrogens is 2. The van der Waals surface area contributed by atoms with Crippen LogP contribution in [0, 0.1) is 0 Å². The molecule has 1 fully saturated rings.